The monoisotopic (exact) mass is 317 g/mol. The number of hydrogen-bond acceptors (Lipinski definition) is 3. The van der Waals surface area contributed by atoms with Gasteiger partial charge in [-0.25, -0.2) is 0 Å². The van der Waals surface area contributed by atoms with Gasteiger partial charge in [0.15, 0.2) is 0 Å². The zero-order valence-corrected chi connectivity index (χ0v) is 13.3. The lowest BCUT2D eigenvalue weighted by Gasteiger charge is -2.22. The highest BCUT2D eigenvalue weighted by Gasteiger charge is 2.22. The van der Waals surface area contributed by atoms with Crippen LogP contribution in [0, 0.1) is 0 Å². The van der Waals surface area contributed by atoms with E-state index in [1.54, 1.807) is 18.2 Å². The first-order valence-electron chi connectivity index (χ1n) is 6.70. The Morgan fingerprint density at radius 3 is 2.30 bits per heavy atom. The summed E-state index contributed by atoms with van der Waals surface area (Å²) in [7, 11) is 0. The van der Waals surface area contributed by atoms with Crippen molar-refractivity contribution in [3.05, 3.63) is 33.8 Å². The van der Waals surface area contributed by atoms with Crippen LogP contribution in [-0.2, 0) is 4.79 Å². The zero-order chi connectivity index (χ0) is 15.1. The van der Waals surface area contributed by atoms with Gasteiger partial charge in [-0.3, -0.25) is 4.79 Å². The van der Waals surface area contributed by atoms with Gasteiger partial charge in [0.25, 0.3) is 0 Å². The molecule has 3 N–H and O–H groups in total. The molecule has 112 valence electrons. The van der Waals surface area contributed by atoms with E-state index >= 15 is 0 Å². The van der Waals surface area contributed by atoms with Crippen LogP contribution in [0.2, 0.25) is 10.0 Å². The summed E-state index contributed by atoms with van der Waals surface area (Å²) in [5.41, 5.74) is 6.00. The highest BCUT2D eigenvalue weighted by Crippen LogP contribution is 2.30. The van der Waals surface area contributed by atoms with Crippen LogP contribution in [0.3, 0.4) is 0 Å². The molecular formula is C14H21Cl2N3O. The molecule has 4 nitrogen and oxygen atoms in total. The number of nitrogens with zero attached hydrogens (tertiary/aromatic N) is 1. The van der Waals surface area contributed by atoms with Crippen molar-refractivity contribution in [1.82, 2.24) is 10.2 Å². The number of likely N-dealkylation sites (N-methyl/N-ethyl adjacent to an activating group) is 1. The average Bonchev–Trinajstić information content (AvgIpc) is 2.41. The van der Waals surface area contributed by atoms with Gasteiger partial charge in [-0.1, -0.05) is 43.1 Å². The number of carbonyl (C=O) groups excluding carboxylic acids is 1. The lowest BCUT2D eigenvalue weighted by molar-refractivity contribution is -0.120. The summed E-state index contributed by atoms with van der Waals surface area (Å²) >= 11 is 12.2. The van der Waals surface area contributed by atoms with Crippen molar-refractivity contribution in [1.29, 1.82) is 0 Å². The minimum absolute atomic E-state index is 0.441. The van der Waals surface area contributed by atoms with Crippen molar-refractivity contribution in [2.75, 3.05) is 26.2 Å². The fourth-order valence-corrected chi connectivity index (χ4v) is 2.65. The quantitative estimate of drug-likeness (QED) is 0.774. The van der Waals surface area contributed by atoms with Crippen LogP contribution in [0.25, 0.3) is 0 Å². The van der Waals surface area contributed by atoms with E-state index in [0.29, 0.717) is 22.2 Å². The third-order valence-electron chi connectivity index (χ3n) is 3.24. The summed E-state index contributed by atoms with van der Waals surface area (Å²) in [5.74, 6) is -0.487. The molecule has 0 bridgehead atoms. The highest BCUT2D eigenvalue weighted by atomic mass is 35.5. The molecule has 1 rings (SSSR count). The number of nitrogens with one attached hydrogen (secondary N) is 1. The van der Waals surface area contributed by atoms with Gasteiger partial charge < -0.3 is 16.0 Å². The smallest absolute Gasteiger partial charge is 0.239 e. The molecule has 0 radical (unpaired) electrons. The predicted molar refractivity (Wildman–Crippen MR) is 84.2 cm³/mol. The topological polar surface area (TPSA) is 58.4 Å². The zero-order valence-electron chi connectivity index (χ0n) is 11.8. The molecule has 1 aromatic rings. The Morgan fingerprint density at radius 2 is 1.85 bits per heavy atom. The van der Waals surface area contributed by atoms with E-state index in [2.05, 4.69) is 24.1 Å². The summed E-state index contributed by atoms with van der Waals surface area (Å²) in [5, 5.41) is 4.01. The van der Waals surface area contributed by atoms with Crippen LogP contribution in [-0.4, -0.2) is 37.0 Å². The Hall–Kier alpha value is -0.810. The molecule has 1 atom stereocenters. The number of nitrogens with two attached hydrogens (primary N) is 1. The Morgan fingerprint density at radius 1 is 1.30 bits per heavy atom. The normalized spacial score (nSPS) is 12.7. The minimum Gasteiger partial charge on any atom is -0.368 e. The first-order valence-corrected chi connectivity index (χ1v) is 7.45. The van der Waals surface area contributed by atoms with Crippen molar-refractivity contribution in [3.63, 3.8) is 0 Å². The van der Waals surface area contributed by atoms with Crippen LogP contribution in [0.5, 0.6) is 0 Å². The summed E-state index contributed by atoms with van der Waals surface area (Å²) in [6.45, 7) is 7.59. The molecule has 0 saturated carbocycles. The number of rotatable bonds is 8. The molecule has 0 fully saturated rings. The predicted octanol–water partition coefficient (Wildman–Crippen LogP) is 2.45. The summed E-state index contributed by atoms with van der Waals surface area (Å²) in [4.78, 5) is 13.9. The van der Waals surface area contributed by atoms with E-state index in [1.165, 1.54) is 0 Å². The highest BCUT2D eigenvalue weighted by molar-refractivity contribution is 6.36. The van der Waals surface area contributed by atoms with E-state index in [4.69, 9.17) is 28.9 Å². The number of primary amides is 1. The molecule has 0 aliphatic heterocycles. The number of halogens is 2. The number of carbonyl (C=O) groups is 1. The lowest BCUT2D eigenvalue weighted by atomic mass is 10.1. The van der Waals surface area contributed by atoms with Gasteiger partial charge in [0.1, 0.15) is 6.04 Å². The SMILES string of the molecule is CCN(CC)CCNC(C(N)=O)c1c(Cl)cccc1Cl. The fraction of sp³-hybridized carbons (Fsp3) is 0.500. The van der Waals surface area contributed by atoms with Crippen molar-refractivity contribution >= 4 is 29.1 Å². The minimum atomic E-state index is -0.674. The molecule has 1 amide bonds. The van der Waals surface area contributed by atoms with E-state index in [-0.39, 0.29) is 0 Å². The Labute approximate surface area is 130 Å². The molecule has 0 aliphatic carbocycles. The fourth-order valence-electron chi connectivity index (χ4n) is 2.04. The van der Waals surface area contributed by atoms with Crippen LogP contribution in [0.1, 0.15) is 25.5 Å². The van der Waals surface area contributed by atoms with Gasteiger partial charge in [0.05, 0.1) is 0 Å². The maximum absolute atomic E-state index is 11.6. The lowest BCUT2D eigenvalue weighted by Crippen LogP contribution is -2.39. The van der Waals surface area contributed by atoms with Crippen LogP contribution >= 0.6 is 23.2 Å². The van der Waals surface area contributed by atoms with Crippen molar-refractivity contribution in [3.8, 4) is 0 Å². The van der Waals surface area contributed by atoms with Gasteiger partial charge in [0.2, 0.25) is 5.91 Å². The van der Waals surface area contributed by atoms with Gasteiger partial charge >= 0.3 is 0 Å². The second-order valence-corrected chi connectivity index (χ2v) is 5.27. The Kier molecular flexibility index (Phi) is 7.30. The van der Waals surface area contributed by atoms with Crippen LogP contribution < -0.4 is 11.1 Å². The molecule has 0 aliphatic rings. The molecule has 0 saturated heterocycles. The standard InChI is InChI=1S/C14H21Cl2N3O/c1-3-19(4-2)9-8-18-13(14(17)20)12-10(15)6-5-7-11(12)16/h5-7,13,18H,3-4,8-9H2,1-2H3,(H2,17,20). The third kappa shape index (κ3) is 4.63. The summed E-state index contributed by atoms with van der Waals surface area (Å²) in [6, 6.07) is 4.46. The van der Waals surface area contributed by atoms with Crippen molar-refractivity contribution in [2.45, 2.75) is 19.9 Å². The largest absolute Gasteiger partial charge is 0.368 e. The Bertz CT molecular complexity index is 430. The summed E-state index contributed by atoms with van der Waals surface area (Å²) < 4.78 is 0. The maximum Gasteiger partial charge on any atom is 0.239 e. The molecular weight excluding hydrogens is 297 g/mol. The molecule has 0 aromatic heterocycles. The molecule has 6 heteroatoms. The number of benzene rings is 1. The first-order chi connectivity index (χ1) is 9.51. The van der Waals surface area contributed by atoms with E-state index in [0.717, 1.165) is 19.6 Å². The second kappa shape index (κ2) is 8.47. The number of amides is 1. The van der Waals surface area contributed by atoms with E-state index < -0.39 is 11.9 Å². The van der Waals surface area contributed by atoms with Crippen LogP contribution in [0.15, 0.2) is 18.2 Å². The molecule has 0 heterocycles. The third-order valence-corrected chi connectivity index (χ3v) is 3.90. The van der Waals surface area contributed by atoms with E-state index in [1.807, 2.05) is 0 Å². The first kappa shape index (κ1) is 17.2. The molecule has 0 spiro atoms. The second-order valence-electron chi connectivity index (χ2n) is 4.45. The van der Waals surface area contributed by atoms with Gasteiger partial charge in [-0.2, -0.15) is 0 Å². The average molecular weight is 318 g/mol. The van der Waals surface area contributed by atoms with Crippen molar-refractivity contribution in [2.24, 2.45) is 5.73 Å². The molecule has 20 heavy (non-hydrogen) atoms. The Balaban J connectivity index is 2.78. The van der Waals surface area contributed by atoms with E-state index in [9.17, 15) is 4.79 Å². The molecule has 1 aromatic carbocycles. The van der Waals surface area contributed by atoms with Gasteiger partial charge in [-0.15, -0.1) is 0 Å². The van der Waals surface area contributed by atoms with Crippen molar-refractivity contribution < 1.29 is 4.79 Å². The van der Waals surface area contributed by atoms with Gasteiger partial charge in [0, 0.05) is 28.7 Å². The molecule has 1 unspecified atom stereocenters. The van der Waals surface area contributed by atoms with Crippen LogP contribution in [0.4, 0.5) is 0 Å². The van der Waals surface area contributed by atoms with Gasteiger partial charge in [-0.05, 0) is 25.2 Å². The summed E-state index contributed by atoms with van der Waals surface area (Å²) in [6.07, 6.45) is 0. The number of hydrogen-bond donors (Lipinski definition) is 2. The maximum atomic E-state index is 11.6.